The number of likely N-dealkylation sites (tertiary alicyclic amines) is 1. The Balaban J connectivity index is 1.25. The molecular formula is C26H26N2O3. The summed E-state index contributed by atoms with van der Waals surface area (Å²) in [5.41, 5.74) is 3.67. The van der Waals surface area contributed by atoms with E-state index < -0.39 is 0 Å². The zero-order valence-electron chi connectivity index (χ0n) is 17.3. The van der Waals surface area contributed by atoms with Gasteiger partial charge in [-0.05, 0) is 73.5 Å². The molecule has 1 heterocycles. The van der Waals surface area contributed by atoms with E-state index in [2.05, 4.69) is 22.3 Å². The first-order valence-electron chi connectivity index (χ1n) is 10.6. The molecule has 0 atom stereocenters. The standard InChI is InChI=1S/C26H26N2O3/c29-24-12-8-21(9-13-24)26(31)22-14-16-28(17-15-22)18-25(30)27-23-10-6-20(7-11-23)19-4-2-1-3-5-19/h1-13,22,29H,14-18H2,(H,27,30). The van der Waals surface area contributed by atoms with Gasteiger partial charge in [0.25, 0.3) is 0 Å². The summed E-state index contributed by atoms with van der Waals surface area (Å²) in [6, 6.07) is 24.4. The monoisotopic (exact) mass is 414 g/mol. The topological polar surface area (TPSA) is 69.6 Å². The molecule has 0 saturated carbocycles. The van der Waals surface area contributed by atoms with Crippen LogP contribution in [0.25, 0.3) is 11.1 Å². The second kappa shape index (κ2) is 9.58. The van der Waals surface area contributed by atoms with Crippen LogP contribution in [0.15, 0.2) is 78.9 Å². The number of amides is 1. The van der Waals surface area contributed by atoms with Crippen LogP contribution in [0.5, 0.6) is 5.75 Å². The number of carbonyl (C=O) groups excluding carboxylic acids is 2. The number of anilines is 1. The highest BCUT2D eigenvalue weighted by molar-refractivity contribution is 5.98. The molecule has 1 amide bonds. The third-order valence-corrected chi connectivity index (χ3v) is 5.75. The normalized spacial score (nSPS) is 14.8. The fraction of sp³-hybridized carbons (Fsp3) is 0.231. The number of hydrogen-bond acceptors (Lipinski definition) is 4. The molecule has 0 unspecified atom stereocenters. The Morgan fingerprint density at radius 2 is 1.45 bits per heavy atom. The maximum absolute atomic E-state index is 12.6. The van der Waals surface area contributed by atoms with E-state index in [0.717, 1.165) is 42.7 Å². The summed E-state index contributed by atoms with van der Waals surface area (Å²) in [4.78, 5) is 27.2. The number of nitrogens with one attached hydrogen (secondary N) is 1. The van der Waals surface area contributed by atoms with E-state index in [1.54, 1.807) is 24.3 Å². The average molecular weight is 415 g/mol. The van der Waals surface area contributed by atoms with Crippen LogP contribution < -0.4 is 5.32 Å². The summed E-state index contributed by atoms with van der Waals surface area (Å²) >= 11 is 0. The zero-order chi connectivity index (χ0) is 21.6. The van der Waals surface area contributed by atoms with Crippen LogP contribution in [0.4, 0.5) is 5.69 Å². The van der Waals surface area contributed by atoms with Crippen LogP contribution >= 0.6 is 0 Å². The molecule has 1 saturated heterocycles. The molecule has 4 rings (SSSR count). The van der Waals surface area contributed by atoms with Crippen molar-refractivity contribution in [2.75, 3.05) is 25.0 Å². The molecule has 2 N–H and O–H groups in total. The van der Waals surface area contributed by atoms with Crippen molar-refractivity contribution in [2.45, 2.75) is 12.8 Å². The Morgan fingerprint density at radius 1 is 0.839 bits per heavy atom. The molecular weight excluding hydrogens is 388 g/mol. The maximum Gasteiger partial charge on any atom is 0.238 e. The second-order valence-corrected chi connectivity index (χ2v) is 7.95. The Hall–Kier alpha value is -3.44. The fourth-order valence-corrected chi connectivity index (χ4v) is 3.99. The van der Waals surface area contributed by atoms with Gasteiger partial charge in [0.05, 0.1) is 6.54 Å². The van der Waals surface area contributed by atoms with Crippen LogP contribution in [0.2, 0.25) is 0 Å². The van der Waals surface area contributed by atoms with Crippen molar-refractivity contribution in [3.05, 3.63) is 84.4 Å². The van der Waals surface area contributed by atoms with Gasteiger partial charge in [-0.1, -0.05) is 42.5 Å². The van der Waals surface area contributed by atoms with Crippen molar-refractivity contribution < 1.29 is 14.7 Å². The van der Waals surface area contributed by atoms with Gasteiger partial charge in [0.15, 0.2) is 5.78 Å². The summed E-state index contributed by atoms with van der Waals surface area (Å²) in [6.07, 6.45) is 1.47. The summed E-state index contributed by atoms with van der Waals surface area (Å²) in [6.45, 7) is 1.75. The van der Waals surface area contributed by atoms with E-state index in [9.17, 15) is 14.7 Å². The molecule has 5 nitrogen and oxygen atoms in total. The van der Waals surface area contributed by atoms with Gasteiger partial charge in [0.1, 0.15) is 5.75 Å². The first kappa shape index (κ1) is 20.8. The zero-order valence-corrected chi connectivity index (χ0v) is 17.3. The number of phenols is 1. The lowest BCUT2D eigenvalue weighted by molar-refractivity contribution is -0.117. The van der Waals surface area contributed by atoms with Gasteiger partial charge < -0.3 is 10.4 Å². The van der Waals surface area contributed by atoms with Crippen molar-refractivity contribution in [2.24, 2.45) is 5.92 Å². The van der Waals surface area contributed by atoms with Gasteiger partial charge in [-0.3, -0.25) is 14.5 Å². The number of carbonyl (C=O) groups is 2. The maximum atomic E-state index is 12.6. The van der Waals surface area contributed by atoms with Crippen LogP contribution in [0, 0.1) is 5.92 Å². The third kappa shape index (κ3) is 5.38. The summed E-state index contributed by atoms with van der Waals surface area (Å²) in [5.74, 6) is 0.194. The van der Waals surface area contributed by atoms with E-state index >= 15 is 0 Å². The average Bonchev–Trinajstić information content (AvgIpc) is 2.81. The molecule has 3 aromatic rings. The van der Waals surface area contributed by atoms with E-state index in [1.807, 2.05) is 42.5 Å². The predicted octanol–water partition coefficient (Wildman–Crippen LogP) is 4.59. The van der Waals surface area contributed by atoms with Crippen LogP contribution in [-0.4, -0.2) is 41.3 Å². The molecule has 31 heavy (non-hydrogen) atoms. The van der Waals surface area contributed by atoms with Gasteiger partial charge >= 0.3 is 0 Å². The lowest BCUT2D eigenvalue weighted by atomic mass is 9.89. The largest absolute Gasteiger partial charge is 0.508 e. The lowest BCUT2D eigenvalue weighted by Gasteiger charge is -2.30. The molecule has 5 heteroatoms. The molecule has 0 radical (unpaired) electrons. The summed E-state index contributed by atoms with van der Waals surface area (Å²) in [5, 5.41) is 12.3. The van der Waals surface area contributed by atoms with Crippen LogP contribution in [0.3, 0.4) is 0 Å². The van der Waals surface area contributed by atoms with Crippen molar-refractivity contribution in [1.82, 2.24) is 4.90 Å². The number of Topliss-reactive ketones (excluding diaryl/α,β-unsaturated/α-hetero) is 1. The SMILES string of the molecule is O=C(CN1CCC(C(=O)c2ccc(O)cc2)CC1)Nc1ccc(-c2ccccc2)cc1. The van der Waals surface area contributed by atoms with Crippen molar-refractivity contribution >= 4 is 17.4 Å². The second-order valence-electron chi connectivity index (χ2n) is 7.95. The minimum atomic E-state index is -0.0456. The first-order valence-corrected chi connectivity index (χ1v) is 10.6. The quantitative estimate of drug-likeness (QED) is 0.579. The Kier molecular flexibility index (Phi) is 6.43. The third-order valence-electron chi connectivity index (χ3n) is 5.75. The van der Waals surface area contributed by atoms with E-state index in [4.69, 9.17) is 0 Å². The molecule has 1 aliphatic heterocycles. The fourth-order valence-electron chi connectivity index (χ4n) is 3.99. The number of ketones is 1. The number of piperidine rings is 1. The Labute approximate surface area is 182 Å². The van der Waals surface area contributed by atoms with Gasteiger partial charge in [0, 0.05) is 17.2 Å². The highest BCUT2D eigenvalue weighted by atomic mass is 16.3. The van der Waals surface area contributed by atoms with E-state index in [-0.39, 0.29) is 23.4 Å². The molecule has 158 valence electrons. The number of nitrogens with zero attached hydrogens (tertiary/aromatic N) is 1. The molecule has 1 aliphatic rings. The van der Waals surface area contributed by atoms with Crippen molar-refractivity contribution in [3.8, 4) is 16.9 Å². The molecule has 1 fully saturated rings. The molecule has 0 aliphatic carbocycles. The molecule has 0 bridgehead atoms. The first-order chi connectivity index (χ1) is 15.1. The van der Waals surface area contributed by atoms with Crippen molar-refractivity contribution in [1.29, 1.82) is 0 Å². The minimum Gasteiger partial charge on any atom is -0.508 e. The number of hydrogen-bond donors (Lipinski definition) is 2. The number of rotatable bonds is 6. The summed E-state index contributed by atoms with van der Waals surface area (Å²) in [7, 11) is 0. The molecule has 0 aromatic heterocycles. The number of phenolic OH excluding ortho intramolecular Hbond substituents is 1. The van der Waals surface area contributed by atoms with E-state index in [0.29, 0.717) is 12.1 Å². The highest BCUT2D eigenvalue weighted by Crippen LogP contribution is 2.24. The van der Waals surface area contributed by atoms with Crippen LogP contribution in [0.1, 0.15) is 23.2 Å². The smallest absolute Gasteiger partial charge is 0.238 e. The number of benzene rings is 3. The van der Waals surface area contributed by atoms with E-state index in [1.165, 1.54) is 0 Å². The van der Waals surface area contributed by atoms with Crippen LogP contribution in [-0.2, 0) is 4.79 Å². The molecule has 0 spiro atoms. The van der Waals surface area contributed by atoms with Gasteiger partial charge in [0.2, 0.25) is 5.91 Å². The highest BCUT2D eigenvalue weighted by Gasteiger charge is 2.26. The lowest BCUT2D eigenvalue weighted by Crippen LogP contribution is -2.40. The van der Waals surface area contributed by atoms with Gasteiger partial charge in [-0.2, -0.15) is 0 Å². The Morgan fingerprint density at radius 3 is 2.10 bits per heavy atom. The molecule has 3 aromatic carbocycles. The minimum absolute atomic E-state index is 0.0330. The predicted molar refractivity (Wildman–Crippen MR) is 122 cm³/mol. The Bertz CT molecular complexity index is 1020. The van der Waals surface area contributed by atoms with Gasteiger partial charge in [-0.25, -0.2) is 0 Å². The number of aromatic hydroxyl groups is 1. The van der Waals surface area contributed by atoms with Gasteiger partial charge in [-0.15, -0.1) is 0 Å². The van der Waals surface area contributed by atoms with Crippen molar-refractivity contribution in [3.63, 3.8) is 0 Å². The summed E-state index contributed by atoms with van der Waals surface area (Å²) < 4.78 is 0.